The van der Waals surface area contributed by atoms with Crippen LogP contribution in [0.15, 0.2) is 0 Å². The largest absolute Gasteiger partial charge is 0.506 e. The summed E-state index contributed by atoms with van der Waals surface area (Å²) in [6, 6.07) is 0. The zero-order valence-corrected chi connectivity index (χ0v) is 8.80. The van der Waals surface area contributed by atoms with Crippen LogP contribution in [0.25, 0.3) is 0 Å². The highest BCUT2D eigenvalue weighted by atomic mass is 35.5. The lowest BCUT2D eigenvalue weighted by atomic mass is 10.0. The molecule has 0 unspecified atom stereocenters. The molecule has 1 aromatic rings. The van der Waals surface area contributed by atoms with E-state index in [1.165, 1.54) is 0 Å². The minimum absolute atomic E-state index is 0.0142. The number of benzene rings is 1. The van der Waals surface area contributed by atoms with E-state index in [0.29, 0.717) is 17.5 Å². The van der Waals surface area contributed by atoms with Crippen molar-refractivity contribution in [1.82, 2.24) is 0 Å². The number of halogens is 3. The predicted octanol–water partition coefficient (Wildman–Crippen LogP) is 3.71. The number of rotatable bonds is 1. The van der Waals surface area contributed by atoms with Crippen molar-refractivity contribution in [3.8, 4) is 5.75 Å². The van der Waals surface area contributed by atoms with Crippen molar-refractivity contribution >= 4 is 23.2 Å². The van der Waals surface area contributed by atoms with E-state index in [4.69, 9.17) is 23.2 Å². The number of phenolic OH excluding ortho intramolecular Hbond substituents is 1. The summed E-state index contributed by atoms with van der Waals surface area (Å²) in [7, 11) is 0. The number of hydrogen-bond donors (Lipinski definition) is 1. The highest BCUT2D eigenvalue weighted by Crippen LogP contribution is 2.38. The first-order valence-corrected chi connectivity index (χ1v) is 4.61. The lowest BCUT2D eigenvalue weighted by molar-refractivity contribution is 0.462. The molecule has 0 aromatic heterocycles. The van der Waals surface area contributed by atoms with Gasteiger partial charge >= 0.3 is 0 Å². The maximum absolute atomic E-state index is 13.1. The van der Waals surface area contributed by atoms with Crippen molar-refractivity contribution in [3.05, 3.63) is 27.0 Å². The van der Waals surface area contributed by atoms with E-state index in [9.17, 15) is 9.50 Å². The molecule has 0 fully saturated rings. The molecule has 1 N–H and O–H groups in total. The van der Waals surface area contributed by atoms with E-state index in [2.05, 4.69) is 0 Å². The van der Waals surface area contributed by atoms with Gasteiger partial charge in [0.1, 0.15) is 10.8 Å². The quantitative estimate of drug-likeness (QED) is 0.719. The molecule has 0 aliphatic rings. The van der Waals surface area contributed by atoms with Crippen LogP contribution in [0.1, 0.15) is 18.1 Å². The van der Waals surface area contributed by atoms with E-state index in [-0.39, 0.29) is 15.8 Å². The van der Waals surface area contributed by atoms with Crippen LogP contribution in [0.3, 0.4) is 0 Å². The highest BCUT2D eigenvalue weighted by Gasteiger charge is 2.17. The van der Waals surface area contributed by atoms with Crippen LogP contribution in [-0.4, -0.2) is 5.11 Å². The Morgan fingerprint density at radius 2 is 1.85 bits per heavy atom. The molecule has 0 aliphatic heterocycles. The van der Waals surface area contributed by atoms with Gasteiger partial charge < -0.3 is 5.11 Å². The van der Waals surface area contributed by atoms with Gasteiger partial charge in [0.25, 0.3) is 0 Å². The average Bonchev–Trinajstić information content (AvgIpc) is 2.13. The Balaban J connectivity index is 3.56. The lowest BCUT2D eigenvalue weighted by Gasteiger charge is -2.10. The predicted molar refractivity (Wildman–Crippen MR) is 52.2 cm³/mol. The summed E-state index contributed by atoms with van der Waals surface area (Å²) in [6.07, 6.45) is 0.567. The van der Waals surface area contributed by atoms with Crippen LogP contribution in [0.2, 0.25) is 10.0 Å². The van der Waals surface area contributed by atoms with Gasteiger partial charge in [-0.25, -0.2) is 4.39 Å². The van der Waals surface area contributed by atoms with Gasteiger partial charge in [0, 0.05) is 0 Å². The smallest absolute Gasteiger partial charge is 0.164 e. The molecule has 0 bridgehead atoms. The van der Waals surface area contributed by atoms with E-state index >= 15 is 0 Å². The second kappa shape index (κ2) is 3.72. The summed E-state index contributed by atoms with van der Waals surface area (Å²) in [5, 5.41) is 9.14. The maximum Gasteiger partial charge on any atom is 0.164 e. The highest BCUT2D eigenvalue weighted by molar-refractivity contribution is 6.36. The molecule has 0 aliphatic carbocycles. The molecular formula is C9H9Cl2FO. The molecule has 1 nitrogen and oxygen atoms in total. The normalized spacial score (nSPS) is 10.5. The molecule has 1 rings (SSSR count). The lowest BCUT2D eigenvalue weighted by Crippen LogP contribution is -1.93. The zero-order chi connectivity index (χ0) is 10.2. The monoisotopic (exact) mass is 222 g/mol. The third-order valence-electron chi connectivity index (χ3n) is 2.01. The fourth-order valence-electron chi connectivity index (χ4n) is 1.24. The van der Waals surface area contributed by atoms with Gasteiger partial charge in [0.2, 0.25) is 0 Å². The summed E-state index contributed by atoms with van der Waals surface area (Å²) in [5.74, 6) is -0.959. The van der Waals surface area contributed by atoms with Gasteiger partial charge in [-0.15, -0.1) is 0 Å². The molecule has 0 saturated heterocycles. The Hall–Kier alpha value is -0.470. The summed E-state index contributed by atoms with van der Waals surface area (Å²) < 4.78 is 13.1. The van der Waals surface area contributed by atoms with Crippen LogP contribution in [0.4, 0.5) is 4.39 Å². The molecular weight excluding hydrogens is 214 g/mol. The summed E-state index contributed by atoms with van der Waals surface area (Å²) in [5.41, 5.74) is 1.14. The van der Waals surface area contributed by atoms with E-state index in [1.807, 2.05) is 6.92 Å². The van der Waals surface area contributed by atoms with E-state index in [0.717, 1.165) is 0 Å². The van der Waals surface area contributed by atoms with Crippen molar-refractivity contribution < 1.29 is 9.50 Å². The van der Waals surface area contributed by atoms with Crippen molar-refractivity contribution in [2.45, 2.75) is 20.3 Å². The number of phenols is 1. The summed E-state index contributed by atoms with van der Waals surface area (Å²) >= 11 is 11.2. The first-order chi connectivity index (χ1) is 6.00. The van der Waals surface area contributed by atoms with Gasteiger partial charge in [-0.2, -0.15) is 0 Å². The molecule has 13 heavy (non-hydrogen) atoms. The second-order valence-corrected chi connectivity index (χ2v) is 3.50. The third kappa shape index (κ3) is 1.61. The minimum atomic E-state index is -0.754. The van der Waals surface area contributed by atoms with Gasteiger partial charge in [-0.1, -0.05) is 30.1 Å². The van der Waals surface area contributed by atoms with Gasteiger partial charge in [0.15, 0.2) is 5.82 Å². The zero-order valence-electron chi connectivity index (χ0n) is 7.29. The molecule has 0 amide bonds. The molecule has 0 spiro atoms. The number of aromatic hydroxyl groups is 1. The van der Waals surface area contributed by atoms with Crippen molar-refractivity contribution in [2.24, 2.45) is 0 Å². The molecule has 1 aromatic carbocycles. The van der Waals surface area contributed by atoms with Crippen LogP contribution in [-0.2, 0) is 6.42 Å². The van der Waals surface area contributed by atoms with Crippen LogP contribution < -0.4 is 0 Å². The summed E-state index contributed by atoms with van der Waals surface area (Å²) in [6.45, 7) is 3.49. The van der Waals surface area contributed by atoms with Crippen LogP contribution in [0.5, 0.6) is 5.75 Å². The number of hydrogen-bond acceptors (Lipinski definition) is 1. The van der Waals surface area contributed by atoms with Crippen molar-refractivity contribution in [3.63, 3.8) is 0 Å². The fraction of sp³-hybridized carbons (Fsp3) is 0.333. The first-order valence-electron chi connectivity index (χ1n) is 3.85. The molecule has 0 atom stereocenters. The molecule has 0 saturated carbocycles. The first kappa shape index (κ1) is 10.6. The van der Waals surface area contributed by atoms with E-state index < -0.39 is 5.82 Å². The minimum Gasteiger partial charge on any atom is -0.506 e. The van der Waals surface area contributed by atoms with Crippen LogP contribution in [0, 0.1) is 12.7 Å². The Morgan fingerprint density at radius 1 is 1.31 bits per heavy atom. The van der Waals surface area contributed by atoms with Gasteiger partial charge in [-0.3, -0.25) is 0 Å². The van der Waals surface area contributed by atoms with Crippen LogP contribution >= 0.6 is 23.2 Å². The van der Waals surface area contributed by atoms with Gasteiger partial charge in [0.05, 0.1) is 5.02 Å². The maximum atomic E-state index is 13.1. The Morgan fingerprint density at radius 3 is 2.31 bits per heavy atom. The SMILES string of the molecule is CCc1c(C)c(Cl)c(F)c(Cl)c1O. The Labute approximate surface area is 86.1 Å². The van der Waals surface area contributed by atoms with Crippen molar-refractivity contribution in [2.75, 3.05) is 0 Å². The van der Waals surface area contributed by atoms with Crippen molar-refractivity contribution in [1.29, 1.82) is 0 Å². The third-order valence-corrected chi connectivity index (χ3v) is 2.81. The molecule has 0 radical (unpaired) electrons. The summed E-state index contributed by atoms with van der Waals surface area (Å²) in [4.78, 5) is 0. The fourth-order valence-corrected chi connectivity index (χ4v) is 1.71. The second-order valence-electron chi connectivity index (χ2n) is 2.75. The molecule has 4 heteroatoms. The Kier molecular flexibility index (Phi) is 3.04. The molecule has 72 valence electrons. The molecule has 0 heterocycles. The van der Waals surface area contributed by atoms with E-state index in [1.54, 1.807) is 6.92 Å². The topological polar surface area (TPSA) is 20.2 Å². The standard InChI is InChI=1S/C9H9Cl2FO/c1-3-5-4(2)6(10)8(12)7(11)9(5)13/h13H,3H2,1-2H3. The Bertz CT molecular complexity index is 321. The average molecular weight is 223 g/mol. The van der Waals surface area contributed by atoms with Gasteiger partial charge in [-0.05, 0) is 24.5 Å².